The van der Waals surface area contributed by atoms with Crippen molar-refractivity contribution in [1.82, 2.24) is 0 Å². The molecule has 11 heavy (non-hydrogen) atoms. The van der Waals surface area contributed by atoms with E-state index in [1.165, 1.54) is 6.08 Å². The molecule has 0 amide bonds. The third-order valence-corrected chi connectivity index (χ3v) is 1.63. The molecule has 0 spiro atoms. The van der Waals surface area contributed by atoms with Gasteiger partial charge >= 0.3 is 5.97 Å². The van der Waals surface area contributed by atoms with Gasteiger partial charge in [-0.05, 0) is 5.92 Å². The summed E-state index contributed by atoms with van der Waals surface area (Å²) in [6.45, 7) is 3.58. The number of hydrogen-bond acceptors (Lipinski definition) is 3. The number of carboxylic acid groups (broad SMARTS) is 1. The Hall–Kier alpha value is -1.15. The number of hydrogen-bond donors (Lipinski definition) is 1. The quantitative estimate of drug-likeness (QED) is 0.485. The minimum atomic E-state index is -1.07. The molecule has 4 nitrogen and oxygen atoms in total. The molecule has 0 bridgehead atoms. The Morgan fingerprint density at radius 3 is 2.55 bits per heavy atom. The van der Waals surface area contributed by atoms with Crippen molar-refractivity contribution in [2.45, 2.75) is 26.3 Å². The van der Waals surface area contributed by atoms with Crippen molar-refractivity contribution in [3.05, 3.63) is 0 Å². The molecular weight excluding hydrogens is 146 g/mol. The average Bonchev–Trinajstić information content (AvgIpc) is 1.98. The van der Waals surface area contributed by atoms with E-state index in [9.17, 15) is 9.59 Å². The summed E-state index contributed by atoms with van der Waals surface area (Å²) in [6.07, 6.45) is 1.94. The molecule has 0 aliphatic heterocycles. The highest BCUT2D eigenvalue weighted by Gasteiger charge is 2.22. The Kier molecular flexibility index (Phi) is 4.15. The van der Waals surface area contributed by atoms with Crippen LogP contribution in [-0.4, -0.2) is 23.2 Å². The first-order chi connectivity index (χ1) is 5.13. The van der Waals surface area contributed by atoms with Crippen LogP contribution in [0.2, 0.25) is 0 Å². The molecule has 0 aromatic carbocycles. The Balaban J connectivity index is 4.32. The van der Waals surface area contributed by atoms with Gasteiger partial charge in [0, 0.05) is 0 Å². The number of rotatable bonds is 4. The van der Waals surface area contributed by atoms with E-state index >= 15 is 0 Å². The molecule has 0 aromatic rings. The fourth-order valence-corrected chi connectivity index (χ4v) is 0.706. The Morgan fingerprint density at radius 2 is 2.27 bits per heavy atom. The zero-order chi connectivity index (χ0) is 8.85. The molecule has 0 aromatic heterocycles. The lowest BCUT2D eigenvalue weighted by atomic mass is 10.0. The fraction of sp³-hybridized carbons (Fsp3) is 0.714. The lowest BCUT2D eigenvalue weighted by Gasteiger charge is -2.11. The van der Waals surface area contributed by atoms with Crippen LogP contribution >= 0.6 is 0 Å². The van der Waals surface area contributed by atoms with Gasteiger partial charge in [0.2, 0.25) is 6.08 Å². The first-order valence-electron chi connectivity index (χ1n) is 3.43. The smallest absolute Gasteiger partial charge is 0.329 e. The predicted molar refractivity (Wildman–Crippen MR) is 39.0 cm³/mol. The highest BCUT2D eigenvalue weighted by molar-refractivity contribution is 5.75. The van der Waals surface area contributed by atoms with Crippen molar-refractivity contribution in [2.24, 2.45) is 10.9 Å². The molecule has 2 unspecified atom stereocenters. The summed E-state index contributed by atoms with van der Waals surface area (Å²) in [5, 5.41) is 8.53. The number of carbonyl (C=O) groups excluding carboxylic acids is 1. The van der Waals surface area contributed by atoms with Gasteiger partial charge < -0.3 is 5.11 Å². The number of nitrogens with zero attached hydrogens (tertiary/aromatic N) is 1. The van der Waals surface area contributed by atoms with E-state index in [2.05, 4.69) is 4.99 Å². The van der Waals surface area contributed by atoms with Crippen LogP contribution in [-0.2, 0) is 9.59 Å². The third kappa shape index (κ3) is 2.96. The zero-order valence-electron chi connectivity index (χ0n) is 6.57. The van der Waals surface area contributed by atoms with Gasteiger partial charge in [0.15, 0.2) is 6.04 Å². The predicted octanol–water partition coefficient (Wildman–Crippen LogP) is 0.822. The van der Waals surface area contributed by atoms with Crippen molar-refractivity contribution in [1.29, 1.82) is 0 Å². The van der Waals surface area contributed by atoms with Crippen molar-refractivity contribution >= 4 is 12.0 Å². The first-order valence-corrected chi connectivity index (χ1v) is 3.43. The molecule has 0 rings (SSSR count). The monoisotopic (exact) mass is 157 g/mol. The molecular formula is C7H11NO3. The Labute approximate surface area is 64.9 Å². The molecule has 0 aliphatic rings. The van der Waals surface area contributed by atoms with Gasteiger partial charge in [-0.1, -0.05) is 20.3 Å². The van der Waals surface area contributed by atoms with Crippen LogP contribution in [0.1, 0.15) is 20.3 Å². The lowest BCUT2D eigenvalue weighted by Crippen LogP contribution is -2.25. The van der Waals surface area contributed by atoms with E-state index in [1.807, 2.05) is 6.92 Å². The molecule has 0 saturated carbocycles. The van der Waals surface area contributed by atoms with Crippen LogP contribution in [0.25, 0.3) is 0 Å². The first kappa shape index (κ1) is 9.85. The summed E-state index contributed by atoms with van der Waals surface area (Å²) in [4.78, 5) is 23.4. The van der Waals surface area contributed by atoms with E-state index in [0.29, 0.717) is 6.42 Å². The minimum Gasteiger partial charge on any atom is -0.480 e. The average molecular weight is 157 g/mol. The van der Waals surface area contributed by atoms with Crippen molar-refractivity contribution in [3.63, 3.8) is 0 Å². The number of aliphatic imine (C=N–C) groups is 1. The number of aliphatic carboxylic acids is 1. The second-order valence-electron chi connectivity index (χ2n) is 2.39. The summed E-state index contributed by atoms with van der Waals surface area (Å²) < 4.78 is 0. The Bertz CT molecular complexity index is 182. The van der Waals surface area contributed by atoms with Gasteiger partial charge in [-0.25, -0.2) is 9.59 Å². The maximum Gasteiger partial charge on any atom is 0.329 e. The van der Waals surface area contributed by atoms with Crippen LogP contribution in [0, 0.1) is 5.92 Å². The van der Waals surface area contributed by atoms with Gasteiger partial charge in [-0.2, -0.15) is 4.99 Å². The topological polar surface area (TPSA) is 66.7 Å². The highest BCUT2D eigenvalue weighted by Crippen LogP contribution is 2.10. The molecule has 0 heterocycles. The number of carboxylic acids is 1. The molecule has 0 radical (unpaired) electrons. The van der Waals surface area contributed by atoms with Gasteiger partial charge in [0.05, 0.1) is 0 Å². The zero-order valence-corrected chi connectivity index (χ0v) is 6.57. The summed E-state index contributed by atoms with van der Waals surface area (Å²) in [6, 6.07) is -0.933. The summed E-state index contributed by atoms with van der Waals surface area (Å²) in [7, 11) is 0. The Morgan fingerprint density at radius 1 is 1.73 bits per heavy atom. The van der Waals surface area contributed by atoms with E-state index in [1.54, 1.807) is 6.92 Å². The largest absolute Gasteiger partial charge is 0.480 e. The summed E-state index contributed by atoms with van der Waals surface area (Å²) in [5.41, 5.74) is 0. The SMILES string of the molecule is CCC(C)C(N=C=O)C(=O)O. The third-order valence-electron chi connectivity index (χ3n) is 1.63. The van der Waals surface area contributed by atoms with Crippen LogP contribution in [0.4, 0.5) is 0 Å². The summed E-state index contributed by atoms with van der Waals surface area (Å²) >= 11 is 0. The standard InChI is InChI=1S/C7H11NO3/c1-3-5(2)6(7(10)11)8-4-9/h5-6H,3H2,1-2H3,(H,10,11). The number of isocyanates is 1. The van der Waals surface area contributed by atoms with Crippen molar-refractivity contribution in [2.75, 3.05) is 0 Å². The van der Waals surface area contributed by atoms with Crippen molar-refractivity contribution < 1.29 is 14.7 Å². The van der Waals surface area contributed by atoms with Gasteiger partial charge in [-0.15, -0.1) is 0 Å². The van der Waals surface area contributed by atoms with Crippen LogP contribution in [0.3, 0.4) is 0 Å². The van der Waals surface area contributed by atoms with Gasteiger partial charge in [-0.3, -0.25) is 0 Å². The maximum atomic E-state index is 10.4. The second kappa shape index (κ2) is 4.63. The molecule has 2 atom stereocenters. The van der Waals surface area contributed by atoms with Crippen LogP contribution in [0.15, 0.2) is 4.99 Å². The lowest BCUT2D eigenvalue weighted by molar-refractivity contribution is -0.139. The van der Waals surface area contributed by atoms with E-state index in [-0.39, 0.29) is 5.92 Å². The number of carbonyl (C=O) groups is 1. The molecule has 62 valence electrons. The molecule has 4 heteroatoms. The van der Waals surface area contributed by atoms with Gasteiger partial charge in [0.1, 0.15) is 0 Å². The highest BCUT2D eigenvalue weighted by atomic mass is 16.4. The normalized spacial score (nSPS) is 14.7. The van der Waals surface area contributed by atoms with E-state index < -0.39 is 12.0 Å². The molecule has 1 N–H and O–H groups in total. The maximum absolute atomic E-state index is 10.4. The fourth-order valence-electron chi connectivity index (χ4n) is 0.706. The van der Waals surface area contributed by atoms with Crippen LogP contribution < -0.4 is 0 Å². The van der Waals surface area contributed by atoms with E-state index in [4.69, 9.17) is 5.11 Å². The van der Waals surface area contributed by atoms with Crippen molar-refractivity contribution in [3.8, 4) is 0 Å². The second-order valence-corrected chi connectivity index (χ2v) is 2.39. The molecule has 0 saturated heterocycles. The van der Waals surface area contributed by atoms with E-state index in [0.717, 1.165) is 0 Å². The minimum absolute atomic E-state index is 0.117. The molecule has 0 fully saturated rings. The molecule has 0 aliphatic carbocycles. The van der Waals surface area contributed by atoms with Gasteiger partial charge in [0.25, 0.3) is 0 Å². The van der Waals surface area contributed by atoms with Crippen LogP contribution in [0.5, 0.6) is 0 Å². The summed E-state index contributed by atoms with van der Waals surface area (Å²) in [5.74, 6) is -1.18.